The summed E-state index contributed by atoms with van der Waals surface area (Å²) < 4.78 is 0. The average Bonchev–Trinajstić information content (AvgIpc) is 2.44. The Bertz CT molecular complexity index is 659. The van der Waals surface area contributed by atoms with Crippen molar-refractivity contribution in [1.82, 2.24) is 4.90 Å². The van der Waals surface area contributed by atoms with Gasteiger partial charge in [-0.25, -0.2) is 0 Å². The zero-order valence-electron chi connectivity index (χ0n) is 12.6. The first-order valence-corrected chi connectivity index (χ1v) is 7.06. The molecule has 0 aliphatic carbocycles. The van der Waals surface area contributed by atoms with Crippen molar-refractivity contribution in [3.8, 4) is 5.75 Å². The first-order valence-electron chi connectivity index (χ1n) is 7.06. The minimum atomic E-state index is -0.974. The summed E-state index contributed by atoms with van der Waals surface area (Å²) in [5.41, 5.74) is -0.710. The maximum Gasteiger partial charge on any atom is 0.257 e. The van der Waals surface area contributed by atoms with Crippen molar-refractivity contribution in [2.75, 3.05) is 13.1 Å². The Morgan fingerprint density at radius 1 is 1.19 bits per heavy atom. The van der Waals surface area contributed by atoms with E-state index in [2.05, 4.69) is 0 Å². The van der Waals surface area contributed by atoms with Gasteiger partial charge in [0.1, 0.15) is 5.75 Å². The summed E-state index contributed by atoms with van der Waals surface area (Å²) in [5, 5.41) is 21.8. The van der Waals surface area contributed by atoms with Crippen molar-refractivity contribution in [3.63, 3.8) is 0 Å². The van der Waals surface area contributed by atoms with E-state index in [1.807, 2.05) is 31.2 Å². The van der Waals surface area contributed by atoms with Gasteiger partial charge in [-0.1, -0.05) is 30.3 Å². The topological polar surface area (TPSA) is 60.8 Å². The Hall–Kier alpha value is -2.07. The summed E-state index contributed by atoms with van der Waals surface area (Å²) >= 11 is 0. The molecule has 0 spiro atoms. The summed E-state index contributed by atoms with van der Waals surface area (Å²) in [6.45, 7) is 5.85. The average molecular weight is 287 g/mol. The second kappa shape index (κ2) is 5.74. The highest BCUT2D eigenvalue weighted by Crippen LogP contribution is 2.29. The van der Waals surface area contributed by atoms with E-state index in [1.54, 1.807) is 26.0 Å². The molecule has 0 fully saturated rings. The van der Waals surface area contributed by atoms with Crippen LogP contribution in [0, 0.1) is 0 Å². The van der Waals surface area contributed by atoms with E-state index in [1.165, 1.54) is 4.90 Å². The predicted molar refractivity (Wildman–Crippen MR) is 83.5 cm³/mol. The van der Waals surface area contributed by atoms with E-state index in [9.17, 15) is 15.0 Å². The summed E-state index contributed by atoms with van der Waals surface area (Å²) in [4.78, 5) is 14.1. The fraction of sp³-hybridized carbons (Fsp3) is 0.353. The molecule has 4 heteroatoms. The van der Waals surface area contributed by atoms with Crippen LogP contribution in [0.15, 0.2) is 36.4 Å². The minimum absolute atomic E-state index is 0.00713. The Morgan fingerprint density at radius 2 is 1.86 bits per heavy atom. The molecule has 2 rings (SSSR count). The highest BCUT2D eigenvalue weighted by Gasteiger charge is 2.24. The molecule has 0 heterocycles. The number of phenols is 1. The second-order valence-electron chi connectivity index (χ2n) is 5.81. The molecule has 0 radical (unpaired) electrons. The number of amides is 1. The number of fused-ring (bicyclic) bond motifs is 1. The first kappa shape index (κ1) is 15.3. The maximum absolute atomic E-state index is 12.6. The SMILES string of the molecule is CCN(CC(C)(C)O)C(=O)c1ccc2ccccc2c1O. The van der Waals surface area contributed by atoms with Crippen molar-refractivity contribution in [2.24, 2.45) is 0 Å². The Kier molecular flexibility index (Phi) is 4.19. The fourth-order valence-corrected chi connectivity index (χ4v) is 2.39. The quantitative estimate of drug-likeness (QED) is 0.909. The smallest absolute Gasteiger partial charge is 0.257 e. The van der Waals surface area contributed by atoms with Gasteiger partial charge < -0.3 is 15.1 Å². The molecule has 2 N–H and O–H groups in total. The lowest BCUT2D eigenvalue weighted by Gasteiger charge is -2.28. The fourth-order valence-electron chi connectivity index (χ4n) is 2.39. The third kappa shape index (κ3) is 3.34. The number of nitrogens with zero attached hydrogens (tertiary/aromatic N) is 1. The summed E-state index contributed by atoms with van der Waals surface area (Å²) in [6.07, 6.45) is 0. The van der Waals surface area contributed by atoms with Gasteiger partial charge in [0.05, 0.1) is 11.2 Å². The number of phenolic OH excluding ortho intramolecular Hbond substituents is 1. The Morgan fingerprint density at radius 3 is 2.48 bits per heavy atom. The Balaban J connectivity index is 2.41. The highest BCUT2D eigenvalue weighted by molar-refractivity contribution is 6.03. The van der Waals surface area contributed by atoms with Gasteiger partial charge in [-0.15, -0.1) is 0 Å². The number of aliphatic hydroxyl groups is 1. The number of carbonyl (C=O) groups is 1. The molecular formula is C17H21NO3. The molecule has 4 nitrogen and oxygen atoms in total. The molecule has 0 saturated heterocycles. The van der Waals surface area contributed by atoms with Gasteiger partial charge in [-0.05, 0) is 32.2 Å². The van der Waals surface area contributed by atoms with Crippen LogP contribution in [0.2, 0.25) is 0 Å². The molecule has 0 aliphatic rings. The van der Waals surface area contributed by atoms with Crippen LogP contribution in [0.1, 0.15) is 31.1 Å². The third-order valence-corrected chi connectivity index (χ3v) is 3.38. The van der Waals surface area contributed by atoms with E-state index in [0.29, 0.717) is 11.9 Å². The van der Waals surface area contributed by atoms with Gasteiger partial charge in [-0.3, -0.25) is 4.79 Å². The number of aromatic hydroxyl groups is 1. The van der Waals surface area contributed by atoms with E-state index in [-0.39, 0.29) is 23.8 Å². The van der Waals surface area contributed by atoms with Crippen LogP contribution in [-0.2, 0) is 0 Å². The molecule has 0 bridgehead atoms. The van der Waals surface area contributed by atoms with Gasteiger partial charge in [0.2, 0.25) is 0 Å². The lowest BCUT2D eigenvalue weighted by molar-refractivity contribution is 0.0313. The number of benzene rings is 2. The summed E-state index contributed by atoms with van der Waals surface area (Å²) in [7, 11) is 0. The molecule has 2 aromatic carbocycles. The number of carbonyl (C=O) groups excluding carboxylic acids is 1. The lowest BCUT2D eigenvalue weighted by atomic mass is 10.0. The van der Waals surface area contributed by atoms with Crippen LogP contribution in [0.3, 0.4) is 0 Å². The lowest BCUT2D eigenvalue weighted by Crippen LogP contribution is -2.42. The van der Waals surface area contributed by atoms with Gasteiger partial charge in [-0.2, -0.15) is 0 Å². The Labute approximate surface area is 124 Å². The summed E-state index contributed by atoms with van der Waals surface area (Å²) in [5.74, 6) is -0.282. The molecule has 1 amide bonds. The predicted octanol–water partition coefficient (Wildman–Crippen LogP) is 2.78. The molecule has 0 unspecified atom stereocenters. The van der Waals surface area contributed by atoms with Crippen LogP contribution in [-0.4, -0.2) is 39.7 Å². The van der Waals surface area contributed by atoms with Crippen LogP contribution < -0.4 is 0 Å². The molecule has 2 aromatic rings. The molecule has 0 atom stereocenters. The zero-order chi connectivity index (χ0) is 15.6. The van der Waals surface area contributed by atoms with Gasteiger partial charge in [0.25, 0.3) is 5.91 Å². The van der Waals surface area contributed by atoms with Crippen LogP contribution >= 0.6 is 0 Å². The van der Waals surface area contributed by atoms with Crippen molar-refractivity contribution >= 4 is 16.7 Å². The molecule has 21 heavy (non-hydrogen) atoms. The van der Waals surface area contributed by atoms with Gasteiger partial charge >= 0.3 is 0 Å². The van der Waals surface area contributed by atoms with Gasteiger partial charge in [0, 0.05) is 18.5 Å². The normalized spacial score (nSPS) is 11.6. The second-order valence-corrected chi connectivity index (χ2v) is 5.81. The van der Waals surface area contributed by atoms with E-state index >= 15 is 0 Å². The van der Waals surface area contributed by atoms with E-state index in [4.69, 9.17) is 0 Å². The third-order valence-electron chi connectivity index (χ3n) is 3.38. The first-order chi connectivity index (χ1) is 9.83. The molecule has 0 saturated carbocycles. The van der Waals surface area contributed by atoms with Crippen LogP contribution in [0.4, 0.5) is 0 Å². The molecular weight excluding hydrogens is 266 g/mol. The number of likely N-dealkylation sites (N-methyl/N-ethyl adjacent to an activating group) is 1. The van der Waals surface area contributed by atoms with Crippen molar-refractivity contribution in [1.29, 1.82) is 0 Å². The van der Waals surface area contributed by atoms with E-state index < -0.39 is 5.60 Å². The van der Waals surface area contributed by atoms with Crippen LogP contribution in [0.5, 0.6) is 5.75 Å². The van der Waals surface area contributed by atoms with Crippen LogP contribution in [0.25, 0.3) is 10.8 Å². The maximum atomic E-state index is 12.6. The van der Waals surface area contributed by atoms with Crippen molar-refractivity contribution in [2.45, 2.75) is 26.4 Å². The number of rotatable bonds is 4. The van der Waals surface area contributed by atoms with Gasteiger partial charge in [0.15, 0.2) is 0 Å². The molecule has 0 aromatic heterocycles. The molecule has 112 valence electrons. The molecule has 0 aliphatic heterocycles. The standard InChI is InChI=1S/C17H21NO3/c1-4-18(11-17(2,3)21)16(20)14-10-9-12-7-5-6-8-13(12)15(14)19/h5-10,19,21H,4,11H2,1-3H3. The van der Waals surface area contributed by atoms with Crippen molar-refractivity contribution < 1.29 is 15.0 Å². The monoisotopic (exact) mass is 287 g/mol. The highest BCUT2D eigenvalue weighted by atomic mass is 16.3. The number of hydrogen-bond acceptors (Lipinski definition) is 3. The van der Waals surface area contributed by atoms with Crippen molar-refractivity contribution in [3.05, 3.63) is 42.0 Å². The number of hydrogen-bond donors (Lipinski definition) is 2. The zero-order valence-corrected chi connectivity index (χ0v) is 12.6. The minimum Gasteiger partial charge on any atom is -0.506 e. The largest absolute Gasteiger partial charge is 0.506 e. The van der Waals surface area contributed by atoms with E-state index in [0.717, 1.165) is 5.39 Å². The summed E-state index contributed by atoms with van der Waals surface area (Å²) in [6, 6.07) is 10.8.